The lowest BCUT2D eigenvalue weighted by Gasteiger charge is -2.26. The molecule has 1 amide bonds. The number of carbonyl (C=O) groups excluding carboxylic acids is 1. The summed E-state index contributed by atoms with van der Waals surface area (Å²) in [7, 11) is -0.645. The number of hydrogen-bond acceptors (Lipinski definition) is 5. The number of methoxy groups -OCH3 is 1. The second-order valence-electron chi connectivity index (χ2n) is 6.74. The van der Waals surface area contributed by atoms with Gasteiger partial charge in [-0.05, 0) is 56.7 Å². The Hall–Kier alpha value is -2.58. The minimum Gasteiger partial charge on any atom is -0.493 e. The standard InChI is InChI=1S/C20H26N2O5S/c1-13(2)27-18-10-9-16(12-19(18)26-5)20(23)22(4)14(3)15-7-6-8-17(11-15)28(21,24)25/h6-14H,1-5H3,(H2,21,24,25). The predicted octanol–water partition coefficient (Wildman–Crippen LogP) is 2.96. The van der Waals surface area contributed by atoms with Crippen molar-refractivity contribution in [1.82, 2.24) is 4.90 Å². The van der Waals surface area contributed by atoms with Crippen molar-refractivity contribution in [3.8, 4) is 11.5 Å². The number of benzene rings is 2. The number of ether oxygens (including phenoxy) is 2. The van der Waals surface area contributed by atoms with Crippen molar-refractivity contribution >= 4 is 15.9 Å². The minimum atomic E-state index is -3.81. The van der Waals surface area contributed by atoms with Gasteiger partial charge in [-0.25, -0.2) is 13.6 Å². The highest BCUT2D eigenvalue weighted by molar-refractivity contribution is 7.89. The number of primary sulfonamides is 1. The lowest BCUT2D eigenvalue weighted by atomic mass is 10.1. The third-order valence-corrected chi connectivity index (χ3v) is 5.25. The molecule has 0 aromatic heterocycles. The Balaban J connectivity index is 2.29. The molecule has 2 rings (SSSR count). The molecule has 0 aliphatic rings. The van der Waals surface area contributed by atoms with E-state index in [-0.39, 0.29) is 22.9 Å². The average molecular weight is 407 g/mol. The summed E-state index contributed by atoms with van der Waals surface area (Å²) in [6, 6.07) is 10.9. The molecule has 0 heterocycles. The Labute approximate surface area is 166 Å². The van der Waals surface area contributed by atoms with Crippen LogP contribution in [0.25, 0.3) is 0 Å². The highest BCUT2D eigenvalue weighted by Crippen LogP contribution is 2.30. The van der Waals surface area contributed by atoms with Gasteiger partial charge in [-0.15, -0.1) is 0 Å². The maximum Gasteiger partial charge on any atom is 0.254 e. The van der Waals surface area contributed by atoms with Crippen molar-refractivity contribution in [2.24, 2.45) is 5.14 Å². The monoisotopic (exact) mass is 406 g/mol. The predicted molar refractivity (Wildman–Crippen MR) is 107 cm³/mol. The molecule has 1 atom stereocenters. The van der Waals surface area contributed by atoms with Crippen LogP contribution >= 0.6 is 0 Å². The van der Waals surface area contributed by atoms with Gasteiger partial charge in [0.25, 0.3) is 5.91 Å². The quantitative estimate of drug-likeness (QED) is 0.762. The molecule has 2 N–H and O–H groups in total. The van der Waals surface area contributed by atoms with Crippen LogP contribution in [0.15, 0.2) is 47.4 Å². The van der Waals surface area contributed by atoms with Crippen molar-refractivity contribution in [2.45, 2.75) is 37.8 Å². The molecular weight excluding hydrogens is 380 g/mol. The van der Waals surface area contributed by atoms with E-state index in [0.29, 0.717) is 22.6 Å². The van der Waals surface area contributed by atoms with E-state index >= 15 is 0 Å². The highest BCUT2D eigenvalue weighted by Gasteiger charge is 2.21. The van der Waals surface area contributed by atoms with E-state index in [4.69, 9.17) is 14.6 Å². The summed E-state index contributed by atoms with van der Waals surface area (Å²) in [5, 5.41) is 5.20. The summed E-state index contributed by atoms with van der Waals surface area (Å²) in [6.45, 7) is 5.63. The van der Waals surface area contributed by atoms with E-state index in [0.717, 1.165) is 0 Å². The van der Waals surface area contributed by atoms with Crippen molar-refractivity contribution in [1.29, 1.82) is 0 Å². The number of nitrogens with zero attached hydrogens (tertiary/aromatic N) is 1. The van der Waals surface area contributed by atoms with Gasteiger partial charge < -0.3 is 14.4 Å². The van der Waals surface area contributed by atoms with Crippen molar-refractivity contribution in [2.75, 3.05) is 14.2 Å². The Kier molecular flexibility index (Phi) is 6.69. The third kappa shape index (κ3) is 5.02. The average Bonchev–Trinajstić information content (AvgIpc) is 2.65. The van der Waals surface area contributed by atoms with Gasteiger partial charge in [-0.1, -0.05) is 12.1 Å². The second kappa shape index (κ2) is 8.62. The van der Waals surface area contributed by atoms with Gasteiger partial charge in [-0.3, -0.25) is 4.79 Å². The molecule has 1 unspecified atom stereocenters. The molecule has 0 saturated heterocycles. The maximum absolute atomic E-state index is 12.9. The Morgan fingerprint density at radius 1 is 1.07 bits per heavy atom. The molecule has 0 bridgehead atoms. The van der Waals surface area contributed by atoms with E-state index in [1.54, 1.807) is 37.4 Å². The number of hydrogen-bond donors (Lipinski definition) is 1. The number of nitrogens with two attached hydrogens (primary N) is 1. The molecule has 0 saturated carbocycles. The lowest BCUT2D eigenvalue weighted by molar-refractivity contribution is 0.0742. The number of rotatable bonds is 7. The summed E-state index contributed by atoms with van der Waals surface area (Å²) in [5.41, 5.74) is 1.10. The summed E-state index contributed by atoms with van der Waals surface area (Å²) in [4.78, 5) is 14.5. The molecule has 2 aromatic carbocycles. The fourth-order valence-electron chi connectivity index (χ4n) is 2.71. The van der Waals surface area contributed by atoms with Crippen molar-refractivity contribution in [3.05, 3.63) is 53.6 Å². The van der Waals surface area contributed by atoms with E-state index < -0.39 is 10.0 Å². The van der Waals surface area contributed by atoms with Crippen LogP contribution in [-0.4, -0.2) is 39.5 Å². The zero-order valence-corrected chi connectivity index (χ0v) is 17.5. The van der Waals surface area contributed by atoms with E-state index in [9.17, 15) is 13.2 Å². The molecule has 152 valence electrons. The van der Waals surface area contributed by atoms with Gasteiger partial charge in [0, 0.05) is 12.6 Å². The molecule has 8 heteroatoms. The molecule has 7 nitrogen and oxygen atoms in total. The third-order valence-electron chi connectivity index (χ3n) is 4.34. The molecule has 0 radical (unpaired) electrons. The maximum atomic E-state index is 12.9. The summed E-state index contributed by atoms with van der Waals surface area (Å²) in [6.07, 6.45) is -0.0238. The van der Waals surface area contributed by atoms with Gasteiger partial charge in [0.05, 0.1) is 24.2 Å². The SMILES string of the molecule is COc1cc(C(=O)N(C)C(C)c2cccc(S(N)(=O)=O)c2)ccc1OC(C)C. The zero-order chi connectivity index (χ0) is 21.1. The van der Waals surface area contributed by atoms with Crippen LogP contribution in [0.1, 0.15) is 42.7 Å². The Morgan fingerprint density at radius 2 is 1.75 bits per heavy atom. The van der Waals surface area contributed by atoms with Crippen LogP contribution in [-0.2, 0) is 10.0 Å². The van der Waals surface area contributed by atoms with E-state index in [1.807, 2.05) is 20.8 Å². The molecule has 28 heavy (non-hydrogen) atoms. The minimum absolute atomic E-state index is 0.00885. The summed E-state index contributed by atoms with van der Waals surface area (Å²) < 4.78 is 34.2. The normalized spacial score (nSPS) is 12.5. The van der Waals surface area contributed by atoms with E-state index in [1.165, 1.54) is 24.1 Å². The van der Waals surface area contributed by atoms with Gasteiger partial charge in [0.15, 0.2) is 11.5 Å². The largest absolute Gasteiger partial charge is 0.493 e. The second-order valence-corrected chi connectivity index (χ2v) is 8.30. The van der Waals surface area contributed by atoms with Gasteiger partial charge >= 0.3 is 0 Å². The Morgan fingerprint density at radius 3 is 2.32 bits per heavy atom. The first kappa shape index (κ1) is 21.7. The fourth-order valence-corrected chi connectivity index (χ4v) is 3.28. The van der Waals surface area contributed by atoms with Gasteiger partial charge in [0.2, 0.25) is 10.0 Å². The van der Waals surface area contributed by atoms with E-state index in [2.05, 4.69) is 0 Å². The Bertz CT molecular complexity index is 957. The summed E-state index contributed by atoms with van der Waals surface area (Å²) >= 11 is 0. The first-order valence-corrected chi connectivity index (χ1v) is 10.3. The van der Waals surface area contributed by atoms with Gasteiger partial charge in [0.1, 0.15) is 0 Å². The fraction of sp³-hybridized carbons (Fsp3) is 0.350. The highest BCUT2D eigenvalue weighted by atomic mass is 32.2. The molecule has 0 aliphatic carbocycles. The van der Waals surface area contributed by atoms with Gasteiger partial charge in [-0.2, -0.15) is 0 Å². The van der Waals surface area contributed by atoms with Crippen LogP contribution in [0.2, 0.25) is 0 Å². The molecule has 0 aliphatic heterocycles. The van der Waals surface area contributed by atoms with Crippen LogP contribution in [0.5, 0.6) is 11.5 Å². The smallest absolute Gasteiger partial charge is 0.254 e. The number of carbonyl (C=O) groups is 1. The number of sulfonamides is 1. The topological polar surface area (TPSA) is 98.9 Å². The van der Waals surface area contributed by atoms with Crippen LogP contribution in [0.3, 0.4) is 0 Å². The van der Waals surface area contributed by atoms with Crippen molar-refractivity contribution < 1.29 is 22.7 Å². The zero-order valence-electron chi connectivity index (χ0n) is 16.7. The van der Waals surface area contributed by atoms with Crippen LogP contribution < -0.4 is 14.6 Å². The van der Waals surface area contributed by atoms with Crippen LogP contribution in [0, 0.1) is 0 Å². The molecular formula is C20H26N2O5S. The molecule has 2 aromatic rings. The summed E-state index contributed by atoms with van der Waals surface area (Å²) in [5.74, 6) is 0.797. The first-order chi connectivity index (χ1) is 13.0. The van der Waals surface area contributed by atoms with Crippen molar-refractivity contribution in [3.63, 3.8) is 0 Å². The molecule has 0 fully saturated rings. The van der Waals surface area contributed by atoms with Crippen LogP contribution in [0.4, 0.5) is 0 Å². The number of amides is 1. The molecule has 0 spiro atoms. The lowest BCUT2D eigenvalue weighted by Crippen LogP contribution is -2.30. The first-order valence-electron chi connectivity index (χ1n) is 8.79.